The molecule has 0 heterocycles. The molecule has 0 saturated carbocycles. The third-order valence-electron chi connectivity index (χ3n) is 2.37. The maximum absolute atomic E-state index is 5.79. The van der Waals surface area contributed by atoms with Crippen molar-refractivity contribution in [2.24, 2.45) is 0 Å². The smallest absolute Gasteiger partial charge is 0.380 e. The lowest BCUT2D eigenvalue weighted by Gasteiger charge is -2.29. The number of rotatable bonds is 10. The third-order valence-corrected chi connectivity index (χ3v) is 7.56. The molecule has 0 unspecified atom stereocenters. The van der Waals surface area contributed by atoms with Crippen molar-refractivity contribution in [2.75, 3.05) is 49.1 Å². The minimum atomic E-state index is -2.63. The van der Waals surface area contributed by atoms with Gasteiger partial charge in [-0.3, -0.25) is 0 Å². The Kier molecular flexibility index (Phi) is 9.27. The zero-order valence-electron chi connectivity index (χ0n) is 11.7. The minimum Gasteiger partial charge on any atom is -0.380 e. The largest absolute Gasteiger partial charge is 0.492 e. The molecule has 0 aliphatic rings. The first-order valence-corrected chi connectivity index (χ1v) is 8.86. The second-order valence-electron chi connectivity index (χ2n) is 3.88. The van der Waals surface area contributed by atoms with Crippen molar-refractivity contribution in [3.8, 4) is 0 Å². The number of hydrogen-bond donors (Lipinski definition) is 0. The van der Waals surface area contributed by atoms with Crippen molar-refractivity contribution < 1.29 is 21.8 Å². The van der Waals surface area contributed by atoms with E-state index in [0.29, 0.717) is 0 Å². The summed E-state index contributed by atoms with van der Waals surface area (Å²) in [7, 11) is 5.69. The fraction of sp³-hybridized carbons (Fsp3) is 1.00. The molecule has 0 fully saturated rings. The molecule has 0 aromatic carbocycles. The summed E-state index contributed by atoms with van der Waals surface area (Å²) in [6.45, 7) is 0.969. The van der Waals surface area contributed by atoms with Crippen LogP contribution in [-0.4, -0.2) is 72.3 Å². The summed E-state index contributed by atoms with van der Waals surface area (Å²) >= 11 is 0. The van der Waals surface area contributed by atoms with Crippen LogP contribution in [0.2, 0.25) is 6.04 Å². The van der Waals surface area contributed by atoms with Gasteiger partial charge in [-0.15, -0.1) is 0 Å². The first kappa shape index (κ1) is 17.2. The number of nitrogens with zero attached hydrogens (tertiary/aromatic N) is 1. The molecule has 0 spiro atoms. The average Bonchev–Trinajstić information content (AvgIpc) is 2.33. The third kappa shape index (κ3) is 6.62. The van der Waals surface area contributed by atoms with Gasteiger partial charge in [0.1, 0.15) is 0 Å². The SMILES string of the molecule is CO[SiH](OC)O[Si](CCCN(C)C)(OC)OC. The number of hydrogen-bond acceptors (Lipinski definition) is 6. The van der Waals surface area contributed by atoms with Crippen molar-refractivity contribution in [3.05, 3.63) is 0 Å². The molecule has 0 saturated heterocycles. The van der Waals surface area contributed by atoms with Crippen molar-refractivity contribution in [1.82, 2.24) is 4.90 Å². The van der Waals surface area contributed by atoms with Crippen molar-refractivity contribution in [2.45, 2.75) is 12.5 Å². The Hall–Kier alpha value is 0.194. The maximum Gasteiger partial charge on any atom is 0.492 e. The summed E-state index contributed by atoms with van der Waals surface area (Å²) < 4.78 is 27.0. The van der Waals surface area contributed by atoms with E-state index in [9.17, 15) is 0 Å². The van der Waals surface area contributed by atoms with Crippen molar-refractivity contribution >= 4 is 18.3 Å². The Morgan fingerprint density at radius 2 is 1.53 bits per heavy atom. The molecular weight excluding hydrogens is 258 g/mol. The highest BCUT2D eigenvalue weighted by molar-refractivity contribution is 6.67. The lowest BCUT2D eigenvalue weighted by molar-refractivity contribution is 0.108. The van der Waals surface area contributed by atoms with Crippen LogP contribution in [0.1, 0.15) is 6.42 Å². The first-order chi connectivity index (χ1) is 8.03. The van der Waals surface area contributed by atoms with E-state index in [1.807, 2.05) is 14.1 Å². The Bertz CT molecular complexity index is 188. The van der Waals surface area contributed by atoms with Gasteiger partial charge >= 0.3 is 18.3 Å². The van der Waals surface area contributed by atoms with Crippen LogP contribution in [0.5, 0.6) is 0 Å². The summed E-state index contributed by atoms with van der Waals surface area (Å²) in [5.41, 5.74) is 0. The Morgan fingerprint density at radius 1 is 1.00 bits per heavy atom. The molecule has 0 aromatic rings. The molecule has 0 aliphatic carbocycles. The molecule has 104 valence electrons. The van der Waals surface area contributed by atoms with Crippen LogP contribution in [-0.2, 0) is 21.8 Å². The molecule has 0 rings (SSSR count). The first-order valence-electron chi connectivity index (χ1n) is 5.52. The standard InChI is InChI=1S/C9H25NO5Si2/c1-10(2)8-7-9-17(13-5,14-6)15-16(11-3)12-4/h16H,7-9H2,1-6H3. The highest BCUT2D eigenvalue weighted by atomic mass is 28.4. The van der Waals surface area contributed by atoms with Gasteiger partial charge in [0.2, 0.25) is 0 Å². The lowest BCUT2D eigenvalue weighted by Crippen LogP contribution is -2.49. The van der Waals surface area contributed by atoms with E-state index in [1.54, 1.807) is 28.4 Å². The van der Waals surface area contributed by atoms with Gasteiger partial charge in [0.05, 0.1) is 0 Å². The van der Waals surface area contributed by atoms with E-state index >= 15 is 0 Å². The molecule has 0 atom stereocenters. The fourth-order valence-electron chi connectivity index (χ4n) is 1.39. The second-order valence-corrected chi connectivity index (χ2v) is 9.02. The predicted molar refractivity (Wildman–Crippen MR) is 70.0 cm³/mol. The lowest BCUT2D eigenvalue weighted by atomic mass is 10.5. The molecule has 8 heteroatoms. The molecular formula is C9H25NO5Si2. The predicted octanol–water partition coefficient (Wildman–Crippen LogP) is 0.196. The van der Waals surface area contributed by atoms with E-state index in [4.69, 9.17) is 21.8 Å². The highest BCUT2D eigenvalue weighted by Crippen LogP contribution is 2.17. The van der Waals surface area contributed by atoms with Crippen LogP contribution in [0.25, 0.3) is 0 Å². The minimum absolute atomic E-state index is 0.758. The van der Waals surface area contributed by atoms with Crippen LogP contribution < -0.4 is 0 Å². The molecule has 0 radical (unpaired) electrons. The molecule has 17 heavy (non-hydrogen) atoms. The van der Waals surface area contributed by atoms with Crippen LogP contribution >= 0.6 is 0 Å². The van der Waals surface area contributed by atoms with Crippen LogP contribution in [0.15, 0.2) is 0 Å². The van der Waals surface area contributed by atoms with E-state index < -0.39 is 18.3 Å². The van der Waals surface area contributed by atoms with Gasteiger partial charge in [-0.1, -0.05) is 0 Å². The monoisotopic (exact) mass is 283 g/mol. The van der Waals surface area contributed by atoms with E-state index in [0.717, 1.165) is 19.0 Å². The fourth-order valence-corrected chi connectivity index (χ4v) is 5.94. The van der Waals surface area contributed by atoms with Gasteiger partial charge in [-0.25, -0.2) is 0 Å². The summed E-state index contributed by atoms with van der Waals surface area (Å²) in [5, 5.41) is 0. The summed E-state index contributed by atoms with van der Waals surface area (Å²) in [5.74, 6) is 0. The second kappa shape index (κ2) is 9.17. The Labute approximate surface area is 107 Å². The summed E-state index contributed by atoms with van der Waals surface area (Å²) in [6.07, 6.45) is 0.954. The summed E-state index contributed by atoms with van der Waals surface area (Å²) in [6, 6.07) is 0.758. The average molecular weight is 283 g/mol. The van der Waals surface area contributed by atoms with E-state index in [-0.39, 0.29) is 0 Å². The Morgan fingerprint density at radius 3 is 1.88 bits per heavy atom. The zero-order valence-corrected chi connectivity index (χ0v) is 13.8. The van der Waals surface area contributed by atoms with Gasteiger partial charge < -0.3 is 26.7 Å². The normalized spacial score (nSPS) is 12.7. The summed E-state index contributed by atoms with van der Waals surface area (Å²) in [4.78, 5) is 2.12. The molecule has 6 nitrogen and oxygen atoms in total. The maximum atomic E-state index is 5.79. The van der Waals surface area contributed by atoms with Gasteiger partial charge in [0, 0.05) is 34.5 Å². The molecule has 0 aliphatic heterocycles. The highest BCUT2D eigenvalue weighted by Gasteiger charge is 2.42. The topological polar surface area (TPSA) is 49.4 Å². The van der Waals surface area contributed by atoms with E-state index in [1.165, 1.54) is 0 Å². The molecule has 0 bridgehead atoms. The van der Waals surface area contributed by atoms with Crippen LogP contribution in [0.4, 0.5) is 0 Å². The van der Waals surface area contributed by atoms with Gasteiger partial charge in [-0.2, -0.15) is 0 Å². The van der Waals surface area contributed by atoms with Gasteiger partial charge in [0.25, 0.3) is 0 Å². The van der Waals surface area contributed by atoms with E-state index in [2.05, 4.69) is 4.90 Å². The van der Waals surface area contributed by atoms with Gasteiger partial charge in [-0.05, 0) is 27.1 Å². The quantitative estimate of drug-likeness (QED) is 0.534. The van der Waals surface area contributed by atoms with Crippen LogP contribution in [0.3, 0.4) is 0 Å². The van der Waals surface area contributed by atoms with Crippen LogP contribution in [0, 0.1) is 0 Å². The molecule has 0 aromatic heterocycles. The van der Waals surface area contributed by atoms with Gasteiger partial charge in [0.15, 0.2) is 0 Å². The zero-order chi connectivity index (χ0) is 13.3. The Balaban J connectivity index is 4.33. The van der Waals surface area contributed by atoms with Crippen molar-refractivity contribution in [3.63, 3.8) is 0 Å². The molecule has 0 amide bonds. The van der Waals surface area contributed by atoms with Crippen molar-refractivity contribution in [1.29, 1.82) is 0 Å². The molecule has 0 N–H and O–H groups in total.